The molecule has 3 atom stereocenters. The van der Waals surface area contributed by atoms with Crippen LogP contribution in [0.25, 0.3) is 0 Å². The van der Waals surface area contributed by atoms with Crippen LogP contribution in [0.2, 0.25) is 10.0 Å². The standard InChI is InChI=1S/C21H21Cl2N3O2S2/c1-12(20(28)24-16-5-2-4-15(22)19(16)23)30-21(29)25-9-13-8-14(11-25)17-6-3-7-18(27)26(17)10-13/h2-7,12-14H,8-11H2,1H3,(H,24,28)/t12-,13-,14+/m1/s1. The topological polar surface area (TPSA) is 54.3 Å². The fraction of sp³-hybridized carbons (Fsp3) is 0.381. The number of benzene rings is 1. The quantitative estimate of drug-likeness (QED) is 0.648. The number of hydrogen-bond donors (Lipinski definition) is 1. The predicted octanol–water partition coefficient (Wildman–Crippen LogP) is 4.62. The van der Waals surface area contributed by atoms with Crippen molar-refractivity contribution < 1.29 is 4.79 Å². The van der Waals surface area contributed by atoms with Crippen molar-refractivity contribution in [3.63, 3.8) is 0 Å². The number of pyridine rings is 1. The van der Waals surface area contributed by atoms with Gasteiger partial charge in [-0.25, -0.2) is 0 Å². The number of carbonyl (C=O) groups is 1. The minimum atomic E-state index is -0.385. The summed E-state index contributed by atoms with van der Waals surface area (Å²) < 4.78 is 2.60. The van der Waals surface area contributed by atoms with E-state index in [2.05, 4.69) is 10.2 Å². The van der Waals surface area contributed by atoms with Gasteiger partial charge in [-0.05, 0) is 37.5 Å². The van der Waals surface area contributed by atoms with Gasteiger partial charge in [0.15, 0.2) is 0 Å². The van der Waals surface area contributed by atoms with E-state index in [1.54, 1.807) is 24.3 Å². The first-order valence-electron chi connectivity index (χ1n) is 9.73. The average Bonchev–Trinajstić information content (AvgIpc) is 2.72. The van der Waals surface area contributed by atoms with E-state index in [0.717, 1.165) is 31.7 Å². The second-order valence-electron chi connectivity index (χ2n) is 7.72. The van der Waals surface area contributed by atoms with Gasteiger partial charge in [-0.3, -0.25) is 9.59 Å². The summed E-state index contributed by atoms with van der Waals surface area (Å²) in [6, 6.07) is 10.6. The van der Waals surface area contributed by atoms with E-state index in [0.29, 0.717) is 26.0 Å². The monoisotopic (exact) mass is 481 g/mol. The summed E-state index contributed by atoms with van der Waals surface area (Å²) in [5.74, 6) is 0.476. The Hall–Kier alpha value is -1.54. The number of rotatable bonds is 3. The van der Waals surface area contributed by atoms with Crippen molar-refractivity contribution >= 4 is 63.1 Å². The van der Waals surface area contributed by atoms with Gasteiger partial charge in [-0.1, -0.05) is 59.3 Å². The zero-order chi connectivity index (χ0) is 21.4. The smallest absolute Gasteiger partial charge is 0.250 e. The molecule has 0 radical (unpaired) electrons. The fourth-order valence-electron chi connectivity index (χ4n) is 4.16. The van der Waals surface area contributed by atoms with E-state index >= 15 is 0 Å². The number of halogens is 2. The summed E-state index contributed by atoms with van der Waals surface area (Å²) >= 11 is 19.2. The molecule has 2 aliphatic rings. The first-order chi connectivity index (χ1) is 14.3. The minimum absolute atomic E-state index is 0.0672. The van der Waals surface area contributed by atoms with Gasteiger partial charge in [0, 0.05) is 37.3 Å². The molecule has 9 heteroatoms. The van der Waals surface area contributed by atoms with Gasteiger partial charge in [0.1, 0.15) is 4.32 Å². The third-order valence-corrected chi connectivity index (χ3v) is 7.99. The zero-order valence-electron chi connectivity index (χ0n) is 16.3. The van der Waals surface area contributed by atoms with Crippen LogP contribution >= 0.6 is 47.2 Å². The Morgan fingerprint density at radius 3 is 2.77 bits per heavy atom. The molecule has 2 aromatic rings. The summed E-state index contributed by atoms with van der Waals surface area (Å²) in [6.07, 6.45) is 1.07. The molecule has 5 nitrogen and oxygen atoms in total. The maximum atomic E-state index is 12.6. The number of hydrogen-bond acceptors (Lipinski definition) is 4. The highest BCUT2D eigenvalue weighted by Gasteiger charge is 2.36. The van der Waals surface area contributed by atoms with Crippen LogP contribution in [-0.4, -0.2) is 38.0 Å². The largest absolute Gasteiger partial charge is 0.356 e. The van der Waals surface area contributed by atoms with Gasteiger partial charge in [-0.15, -0.1) is 0 Å². The first kappa shape index (κ1) is 21.7. The van der Waals surface area contributed by atoms with Crippen LogP contribution in [0, 0.1) is 5.92 Å². The Morgan fingerprint density at radius 1 is 1.20 bits per heavy atom. The van der Waals surface area contributed by atoms with Crippen molar-refractivity contribution in [1.29, 1.82) is 0 Å². The molecule has 158 valence electrons. The Labute approximate surface area is 194 Å². The number of fused-ring (bicyclic) bond motifs is 4. The molecule has 1 N–H and O–H groups in total. The summed E-state index contributed by atoms with van der Waals surface area (Å²) in [6.45, 7) is 4.11. The molecule has 3 heterocycles. The van der Waals surface area contributed by atoms with E-state index in [4.69, 9.17) is 35.4 Å². The van der Waals surface area contributed by atoms with Gasteiger partial charge < -0.3 is 14.8 Å². The summed E-state index contributed by atoms with van der Waals surface area (Å²) in [4.78, 5) is 27.0. The molecular weight excluding hydrogens is 461 g/mol. The molecule has 30 heavy (non-hydrogen) atoms. The Balaban J connectivity index is 1.40. The Bertz CT molecular complexity index is 1060. The molecule has 0 unspecified atom stereocenters. The molecule has 2 bridgehead atoms. The molecule has 0 spiro atoms. The van der Waals surface area contributed by atoms with Crippen LogP contribution in [0.3, 0.4) is 0 Å². The van der Waals surface area contributed by atoms with Gasteiger partial charge in [0.25, 0.3) is 5.56 Å². The number of nitrogens with one attached hydrogen (secondary N) is 1. The van der Waals surface area contributed by atoms with E-state index in [1.165, 1.54) is 11.8 Å². The fourth-order valence-corrected chi connectivity index (χ4v) is 5.86. The van der Waals surface area contributed by atoms with Crippen LogP contribution < -0.4 is 10.9 Å². The zero-order valence-corrected chi connectivity index (χ0v) is 19.5. The number of carbonyl (C=O) groups excluding carboxylic acids is 1. The summed E-state index contributed by atoms with van der Waals surface area (Å²) in [5.41, 5.74) is 1.64. The average molecular weight is 482 g/mol. The molecule has 1 aromatic heterocycles. The normalized spacial score (nSPS) is 21.0. The molecule has 1 saturated heterocycles. The molecule has 0 saturated carbocycles. The molecule has 1 aromatic carbocycles. The lowest BCUT2D eigenvalue weighted by Crippen LogP contribution is -2.48. The number of aromatic nitrogens is 1. The minimum Gasteiger partial charge on any atom is -0.356 e. The van der Waals surface area contributed by atoms with Crippen molar-refractivity contribution in [3.8, 4) is 0 Å². The highest BCUT2D eigenvalue weighted by atomic mass is 35.5. The van der Waals surface area contributed by atoms with Crippen molar-refractivity contribution in [2.45, 2.75) is 31.1 Å². The molecule has 2 aliphatic heterocycles. The van der Waals surface area contributed by atoms with Crippen molar-refractivity contribution in [2.24, 2.45) is 5.92 Å². The second kappa shape index (κ2) is 8.91. The lowest BCUT2D eigenvalue weighted by atomic mass is 9.83. The number of thiocarbonyl (C=S) groups is 1. The van der Waals surface area contributed by atoms with Crippen molar-refractivity contribution in [2.75, 3.05) is 18.4 Å². The van der Waals surface area contributed by atoms with Gasteiger partial charge >= 0.3 is 0 Å². The van der Waals surface area contributed by atoms with E-state index in [9.17, 15) is 9.59 Å². The number of piperidine rings is 1. The maximum Gasteiger partial charge on any atom is 0.250 e. The number of nitrogens with zero attached hydrogens (tertiary/aromatic N) is 2. The summed E-state index contributed by atoms with van der Waals surface area (Å²) in [5, 5.41) is 3.16. The van der Waals surface area contributed by atoms with Gasteiger partial charge in [0.05, 0.1) is 21.0 Å². The van der Waals surface area contributed by atoms with E-state index in [1.807, 2.05) is 23.6 Å². The maximum absolute atomic E-state index is 12.6. The number of amides is 1. The Morgan fingerprint density at radius 2 is 1.97 bits per heavy atom. The highest BCUT2D eigenvalue weighted by molar-refractivity contribution is 8.23. The lowest BCUT2D eigenvalue weighted by Gasteiger charge is -2.43. The van der Waals surface area contributed by atoms with Crippen LogP contribution in [0.1, 0.15) is 25.0 Å². The lowest BCUT2D eigenvalue weighted by molar-refractivity contribution is -0.115. The van der Waals surface area contributed by atoms with Crippen LogP contribution in [0.5, 0.6) is 0 Å². The molecule has 4 rings (SSSR count). The summed E-state index contributed by atoms with van der Waals surface area (Å²) in [7, 11) is 0. The number of likely N-dealkylation sites (tertiary alicyclic amines) is 1. The number of anilines is 1. The van der Waals surface area contributed by atoms with Crippen LogP contribution in [-0.2, 0) is 11.3 Å². The van der Waals surface area contributed by atoms with Gasteiger partial charge in [0.2, 0.25) is 5.91 Å². The third kappa shape index (κ3) is 4.40. The van der Waals surface area contributed by atoms with Gasteiger partial charge in [-0.2, -0.15) is 0 Å². The SMILES string of the molecule is C[C@@H](SC(=S)N1C[C@H]2C[C@@H](C1)c1cccc(=O)n1C2)C(=O)Nc1cccc(Cl)c1Cl. The third-order valence-electron chi connectivity index (χ3n) is 5.59. The highest BCUT2D eigenvalue weighted by Crippen LogP contribution is 2.36. The van der Waals surface area contributed by atoms with E-state index in [-0.39, 0.29) is 22.6 Å². The molecular formula is C21H21Cl2N3O2S2. The predicted molar refractivity (Wildman–Crippen MR) is 128 cm³/mol. The van der Waals surface area contributed by atoms with Crippen LogP contribution in [0.15, 0.2) is 41.2 Å². The Kier molecular flexibility index (Phi) is 6.44. The first-order valence-corrected chi connectivity index (χ1v) is 11.8. The van der Waals surface area contributed by atoms with Crippen LogP contribution in [0.4, 0.5) is 5.69 Å². The van der Waals surface area contributed by atoms with Crippen molar-refractivity contribution in [3.05, 3.63) is 62.5 Å². The second-order valence-corrected chi connectivity index (χ2v) is 10.5. The number of thioether (sulfide) groups is 1. The molecule has 0 aliphatic carbocycles. The van der Waals surface area contributed by atoms with Crippen molar-refractivity contribution in [1.82, 2.24) is 9.47 Å². The molecule has 1 fully saturated rings. The molecule has 1 amide bonds. The van der Waals surface area contributed by atoms with E-state index < -0.39 is 0 Å².